The monoisotopic (exact) mass is 917 g/mol. The molecule has 65 heavy (non-hydrogen) atoms. The van der Waals surface area contributed by atoms with E-state index >= 15 is 0 Å². The van der Waals surface area contributed by atoms with E-state index in [2.05, 4.69) is 26.0 Å². The third kappa shape index (κ3) is 55.1. The number of esters is 2. The first kappa shape index (κ1) is 63.6. The van der Waals surface area contributed by atoms with Crippen LogP contribution < -0.4 is 0 Å². The fourth-order valence-electron chi connectivity index (χ4n) is 9.31. The number of unbranched alkanes of at least 4 members (excludes halogenated alkanes) is 46. The standard InChI is InChI=1S/C60H116O5/c1-3-5-7-9-11-13-15-16-17-18-19-20-21-22-23-24-25-26-27-28-29-30-31-32-33-34-35-36-37-38-39-40-41-42-43-45-46-48-50-52-54-59(62)64-57-58(56-61)65-60(63)55-53-51-49-47-44-14-12-10-8-6-4-2/h10,12,58,61H,3-9,11,13-57H2,1-2H3/b12-10-. The Kier molecular flexibility index (Phi) is 55.8. The Labute approximate surface area is 407 Å². The number of ether oxygens (including phenoxy) is 2. The number of carbonyl (C=O) groups excluding carboxylic acids is 2. The van der Waals surface area contributed by atoms with Crippen LogP contribution in [0.3, 0.4) is 0 Å². The van der Waals surface area contributed by atoms with Gasteiger partial charge in [0.25, 0.3) is 0 Å². The summed E-state index contributed by atoms with van der Waals surface area (Å²) in [5.74, 6) is -0.586. The largest absolute Gasteiger partial charge is 0.462 e. The van der Waals surface area contributed by atoms with Gasteiger partial charge in [-0.1, -0.05) is 309 Å². The fourth-order valence-corrected chi connectivity index (χ4v) is 9.31. The molecule has 0 aromatic heterocycles. The molecule has 0 aliphatic rings. The van der Waals surface area contributed by atoms with Gasteiger partial charge in [0.1, 0.15) is 6.61 Å². The van der Waals surface area contributed by atoms with Crippen molar-refractivity contribution in [3.63, 3.8) is 0 Å². The Hall–Kier alpha value is -1.36. The lowest BCUT2D eigenvalue weighted by atomic mass is 10.0. The SMILES string of the molecule is CCCC/C=C\CCCCCCCC(=O)OC(CO)COC(=O)CCCCCCCCCCCCCCCCCCCCCCCCCCCCCCCCCCCCCCCCCC. The highest BCUT2D eigenvalue weighted by molar-refractivity contribution is 5.70. The second kappa shape index (κ2) is 57.0. The first-order valence-corrected chi connectivity index (χ1v) is 29.7. The Morgan fingerprint density at radius 2 is 0.585 bits per heavy atom. The second-order valence-electron chi connectivity index (χ2n) is 20.4. The molecular weight excluding hydrogens is 801 g/mol. The van der Waals surface area contributed by atoms with Gasteiger partial charge in [-0.2, -0.15) is 0 Å². The number of rotatable bonds is 56. The van der Waals surface area contributed by atoms with Gasteiger partial charge < -0.3 is 14.6 Å². The van der Waals surface area contributed by atoms with Crippen LogP contribution in [-0.2, 0) is 19.1 Å². The molecule has 0 rings (SSSR count). The lowest BCUT2D eigenvalue weighted by Gasteiger charge is -2.15. The average Bonchev–Trinajstić information content (AvgIpc) is 3.31. The van der Waals surface area contributed by atoms with Crippen molar-refractivity contribution in [3.05, 3.63) is 12.2 Å². The van der Waals surface area contributed by atoms with E-state index in [1.54, 1.807) is 0 Å². The van der Waals surface area contributed by atoms with Crippen molar-refractivity contribution in [2.75, 3.05) is 13.2 Å². The van der Waals surface area contributed by atoms with Crippen molar-refractivity contribution in [3.8, 4) is 0 Å². The Balaban J connectivity index is 3.29. The fraction of sp³-hybridized carbons (Fsp3) is 0.933. The van der Waals surface area contributed by atoms with Crippen LogP contribution in [0, 0.1) is 0 Å². The quantitative estimate of drug-likeness (QED) is 0.0374. The lowest BCUT2D eigenvalue weighted by molar-refractivity contribution is -0.161. The van der Waals surface area contributed by atoms with Crippen molar-refractivity contribution in [1.29, 1.82) is 0 Å². The molecule has 0 saturated carbocycles. The molecule has 1 N–H and O–H groups in total. The van der Waals surface area contributed by atoms with Gasteiger partial charge in [0.15, 0.2) is 6.10 Å². The molecule has 0 heterocycles. The predicted octanol–water partition coefficient (Wildman–Crippen LogP) is 19.9. The molecule has 1 atom stereocenters. The molecule has 0 fully saturated rings. The molecule has 0 aliphatic carbocycles. The van der Waals surface area contributed by atoms with E-state index in [0.29, 0.717) is 12.8 Å². The smallest absolute Gasteiger partial charge is 0.306 e. The van der Waals surface area contributed by atoms with E-state index in [1.807, 2.05) is 0 Å². The molecule has 5 heteroatoms. The molecule has 0 saturated heterocycles. The molecule has 0 aromatic carbocycles. The summed E-state index contributed by atoms with van der Waals surface area (Å²) in [6.45, 7) is 4.13. The maximum absolute atomic E-state index is 12.2. The van der Waals surface area contributed by atoms with Crippen molar-refractivity contribution in [2.45, 2.75) is 347 Å². The summed E-state index contributed by atoms with van der Waals surface area (Å²) in [5, 5.41) is 9.59. The van der Waals surface area contributed by atoms with Crippen LogP contribution in [0.4, 0.5) is 0 Å². The maximum Gasteiger partial charge on any atom is 0.306 e. The number of aliphatic hydroxyl groups excluding tert-OH is 1. The number of hydrogen-bond acceptors (Lipinski definition) is 5. The molecule has 0 radical (unpaired) electrons. The van der Waals surface area contributed by atoms with Crippen molar-refractivity contribution in [2.24, 2.45) is 0 Å². The third-order valence-corrected chi connectivity index (χ3v) is 13.8. The normalized spacial score (nSPS) is 12.1. The van der Waals surface area contributed by atoms with Crippen molar-refractivity contribution < 1.29 is 24.2 Å². The van der Waals surface area contributed by atoms with Crippen LogP contribution in [0.25, 0.3) is 0 Å². The molecule has 0 aromatic rings. The zero-order valence-corrected chi connectivity index (χ0v) is 44.3. The predicted molar refractivity (Wildman–Crippen MR) is 284 cm³/mol. The molecule has 1 unspecified atom stereocenters. The van der Waals surface area contributed by atoms with E-state index in [9.17, 15) is 14.7 Å². The van der Waals surface area contributed by atoms with Gasteiger partial charge >= 0.3 is 11.9 Å². The Morgan fingerprint density at radius 3 is 0.877 bits per heavy atom. The average molecular weight is 918 g/mol. The van der Waals surface area contributed by atoms with E-state index in [1.165, 1.54) is 276 Å². The van der Waals surface area contributed by atoms with Gasteiger partial charge in [0.05, 0.1) is 6.61 Å². The summed E-state index contributed by atoms with van der Waals surface area (Å²) < 4.78 is 10.6. The van der Waals surface area contributed by atoms with E-state index in [0.717, 1.165) is 38.5 Å². The first-order valence-electron chi connectivity index (χ1n) is 29.7. The minimum Gasteiger partial charge on any atom is -0.462 e. The number of hydrogen-bond donors (Lipinski definition) is 1. The lowest BCUT2D eigenvalue weighted by Crippen LogP contribution is -2.28. The van der Waals surface area contributed by atoms with Crippen LogP contribution in [0.5, 0.6) is 0 Å². The summed E-state index contributed by atoms with van der Waals surface area (Å²) in [4.78, 5) is 24.4. The molecule has 0 aliphatic heterocycles. The zero-order chi connectivity index (χ0) is 47.0. The summed E-state index contributed by atoms with van der Waals surface area (Å²) >= 11 is 0. The van der Waals surface area contributed by atoms with Gasteiger partial charge in [-0.05, 0) is 32.1 Å². The zero-order valence-electron chi connectivity index (χ0n) is 44.3. The number of allylic oxidation sites excluding steroid dienone is 2. The molecule has 0 bridgehead atoms. The Morgan fingerprint density at radius 1 is 0.338 bits per heavy atom. The van der Waals surface area contributed by atoms with Gasteiger partial charge in [0.2, 0.25) is 0 Å². The molecule has 0 amide bonds. The summed E-state index contributed by atoms with van der Waals surface area (Å²) in [5.41, 5.74) is 0. The topological polar surface area (TPSA) is 72.8 Å². The minimum absolute atomic E-state index is 0.0629. The second-order valence-corrected chi connectivity index (χ2v) is 20.4. The van der Waals surface area contributed by atoms with Crippen molar-refractivity contribution >= 4 is 11.9 Å². The van der Waals surface area contributed by atoms with E-state index in [-0.39, 0.29) is 25.2 Å². The highest BCUT2D eigenvalue weighted by atomic mass is 16.6. The van der Waals surface area contributed by atoms with Crippen LogP contribution in [0.15, 0.2) is 12.2 Å². The summed E-state index contributed by atoms with van der Waals surface area (Å²) in [7, 11) is 0. The van der Waals surface area contributed by atoms with Gasteiger partial charge in [-0.3, -0.25) is 9.59 Å². The molecule has 5 nitrogen and oxygen atoms in total. The molecular formula is C60H116O5. The van der Waals surface area contributed by atoms with Crippen LogP contribution >= 0.6 is 0 Å². The van der Waals surface area contributed by atoms with E-state index in [4.69, 9.17) is 9.47 Å². The maximum atomic E-state index is 12.2. The van der Waals surface area contributed by atoms with Crippen molar-refractivity contribution in [1.82, 2.24) is 0 Å². The summed E-state index contributed by atoms with van der Waals surface area (Å²) in [6.07, 6.45) is 71.0. The number of aliphatic hydroxyl groups is 1. The van der Waals surface area contributed by atoms with Crippen LogP contribution in [-0.4, -0.2) is 36.4 Å². The van der Waals surface area contributed by atoms with E-state index < -0.39 is 6.10 Å². The highest BCUT2D eigenvalue weighted by Gasteiger charge is 2.16. The third-order valence-electron chi connectivity index (χ3n) is 13.8. The number of carbonyl (C=O) groups is 2. The van der Waals surface area contributed by atoms with Gasteiger partial charge in [-0.25, -0.2) is 0 Å². The van der Waals surface area contributed by atoms with Crippen LogP contribution in [0.1, 0.15) is 341 Å². The highest BCUT2D eigenvalue weighted by Crippen LogP contribution is 2.18. The van der Waals surface area contributed by atoms with Gasteiger partial charge in [-0.15, -0.1) is 0 Å². The van der Waals surface area contributed by atoms with Gasteiger partial charge in [0, 0.05) is 12.8 Å². The van der Waals surface area contributed by atoms with Crippen LogP contribution in [0.2, 0.25) is 0 Å². The summed E-state index contributed by atoms with van der Waals surface area (Å²) in [6, 6.07) is 0. The minimum atomic E-state index is -0.770. The molecule has 386 valence electrons. The molecule has 0 spiro atoms. The first-order chi connectivity index (χ1) is 32.1. The Bertz CT molecular complexity index is 948.